The van der Waals surface area contributed by atoms with Gasteiger partial charge in [0.05, 0.1) is 24.5 Å². The van der Waals surface area contributed by atoms with Gasteiger partial charge < -0.3 is 26.0 Å². The largest absolute Gasteiger partial charge is 0.378 e. The molecule has 3 rings (SSSR count). The molecular formula is C17H22N8O3. The number of carbonyl (C=O) groups is 2. The number of morpholine rings is 1. The van der Waals surface area contributed by atoms with Gasteiger partial charge in [0, 0.05) is 57.3 Å². The van der Waals surface area contributed by atoms with E-state index in [1.807, 2.05) is 4.90 Å². The molecule has 3 heterocycles. The van der Waals surface area contributed by atoms with Gasteiger partial charge in [0.15, 0.2) is 0 Å². The van der Waals surface area contributed by atoms with E-state index in [4.69, 9.17) is 10.5 Å². The summed E-state index contributed by atoms with van der Waals surface area (Å²) < 4.78 is 5.36. The summed E-state index contributed by atoms with van der Waals surface area (Å²) in [5.74, 6) is 0.121. The Morgan fingerprint density at radius 2 is 1.79 bits per heavy atom. The summed E-state index contributed by atoms with van der Waals surface area (Å²) in [6, 6.07) is 0. The van der Waals surface area contributed by atoms with Crippen molar-refractivity contribution in [2.75, 3.05) is 50.0 Å². The highest BCUT2D eigenvalue weighted by molar-refractivity contribution is 5.99. The second kappa shape index (κ2) is 9.04. The monoisotopic (exact) mass is 386 g/mol. The van der Waals surface area contributed by atoms with Crippen LogP contribution in [-0.2, 0) is 9.53 Å². The summed E-state index contributed by atoms with van der Waals surface area (Å²) in [5.41, 5.74) is 6.81. The minimum absolute atomic E-state index is 0.132. The number of nitrogens with zero attached hydrogens (tertiary/aromatic N) is 5. The lowest BCUT2D eigenvalue weighted by Gasteiger charge is -2.27. The number of nitrogen functional groups attached to an aromatic ring is 1. The van der Waals surface area contributed by atoms with Crippen LogP contribution in [0.5, 0.6) is 0 Å². The zero-order valence-electron chi connectivity index (χ0n) is 15.5. The molecule has 0 unspecified atom stereocenters. The van der Waals surface area contributed by atoms with Gasteiger partial charge in [-0.2, -0.15) is 0 Å². The maximum absolute atomic E-state index is 12.6. The molecule has 2 aromatic rings. The van der Waals surface area contributed by atoms with E-state index in [1.165, 1.54) is 25.5 Å². The molecule has 148 valence electrons. The zero-order chi connectivity index (χ0) is 19.9. The summed E-state index contributed by atoms with van der Waals surface area (Å²) in [7, 11) is 0. The summed E-state index contributed by atoms with van der Waals surface area (Å²) >= 11 is 0. The minimum atomic E-state index is -0.356. The molecular weight excluding hydrogens is 364 g/mol. The summed E-state index contributed by atoms with van der Waals surface area (Å²) in [6.45, 7) is 4.54. The van der Waals surface area contributed by atoms with Crippen molar-refractivity contribution >= 4 is 23.7 Å². The number of nitrogens with two attached hydrogens (primary N) is 1. The van der Waals surface area contributed by atoms with E-state index in [1.54, 1.807) is 0 Å². The Hall–Kier alpha value is -3.34. The average Bonchev–Trinajstić information content (AvgIpc) is 2.72. The van der Waals surface area contributed by atoms with Gasteiger partial charge >= 0.3 is 0 Å². The third kappa shape index (κ3) is 4.88. The van der Waals surface area contributed by atoms with Crippen molar-refractivity contribution in [3.63, 3.8) is 0 Å². The van der Waals surface area contributed by atoms with E-state index in [0.717, 1.165) is 0 Å². The number of amides is 2. The number of rotatable bonds is 6. The molecule has 0 atom stereocenters. The van der Waals surface area contributed by atoms with Crippen LogP contribution in [-0.4, -0.2) is 71.1 Å². The van der Waals surface area contributed by atoms with Crippen LogP contribution in [0, 0.1) is 0 Å². The van der Waals surface area contributed by atoms with E-state index in [-0.39, 0.29) is 29.9 Å². The highest BCUT2D eigenvalue weighted by atomic mass is 16.5. The molecule has 1 aliphatic heterocycles. The van der Waals surface area contributed by atoms with Gasteiger partial charge in [0.2, 0.25) is 17.8 Å². The molecule has 1 saturated heterocycles. The second-order valence-corrected chi connectivity index (χ2v) is 6.10. The van der Waals surface area contributed by atoms with E-state index < -0.39 is 0 Å². The van der Waals surface area contributed by atoms with Gasteiger partial charge in [-0.3, -0.25) is 9.59 Å². The first-order valence-corrected chi connectivity index (χ1v) is 8.85. The van der Waals surface area contributed by atoms with Crippen molar-refractivity contribution in [1.82, 2.24) is 30.6 Å². The van der Waals surface area contributed by atoms with Gasteiger partial charge in [0.1, 0.15) is 0 Å². The fourth-order valence-corrected chi connectivity index (χ4v) is 2.64. The molecule has 1 aliphatic rings. The van der Waals surface area contributed by atoms with Gasteiger partial charge in [-0.1, -0.05) is 0 Å². The van der Waals surface area contributed by atoms with Crippen LogP contribution >= 0.6 is 0 Å². The fourth-order valence-electron chi connectivity index (χ4n) is 2.64. The normalized spacial score (nSPS) is 13.8. The average molecular weight is 386 g/mol. The van der Waals surface area contributed by atoms with Crippen molar-refractivity contribution in [2.24, 2.45) is 0 Å². The van der Waals surface area contributed by atoms with Crippen LogP contribution in [0.4, 0.5) is 11.9 Å². The molecule has 2 amide bonds. The van der Waals surface area contributed by atoms with Gasteiger partial charge in [0.25, 0.3) is 5.91 Å². The molecule has 0 aromatic carbocycles. The number of hydrogen-bond acceptors (Lipinski definition) is 9. The van der Waals surface area contributed by atoms with Crippen molar-refractivity contribution in [1.29, 1.82) is 0 Å². The Morgan fingerprint density at radius 3 is 2.46 bits per heavy atom. The number of anilines is 2. The zero-order valence-corrected chi connectivity index (χ0v) is 15.5. The first-order chi connectivity index (χ1) is 13.5. The third-order valence-electron chi connectivity index (χ3n) is 4.04. The van der Waals surface area contributed by atoms with Crippen LogP contribution < -0.4 is 21.3 Å². The highest BCUT2D eigenvalue weighted by Crippen LogP contribution is 2.23. The highest BCUT2D eigenvalue weighted by Gasteiger charge is 2.20. The molecule has 0 bridgehead atoms. The fraction of sp³-hybridized carbons (Fsp3) is 0.412. The van der Waals surface area contributed by atoms with Crippen molar-refractivity contribution < 1.29 is 14.3 Å². The summed E-state index contributed by atoms with van der Waals surface area (Å²) in [4.78, 5) is 42.5. The molecule has 0 spiro atoms. The molecule has 2 aromatic heterocycles. The maximum Gasteiger partial charge on any atom is 0.255 e. The molecule has 11 nitrogen and oxygen atoms in total. The number of aromatic nitrogens is 4. The smallest absolute Gasteiger partial charge is 0.255 e. The minimum Gasteiger partial charge on any atom is -0.378 e. The van der Waals surface area contributed by atoms with Crippen LogP contribution in [0.25, 0.3) is 11.3 Å². The van der Waals surface area contributed by atoms with Crippen LogP contribution in [0.15, 0.2) is 18.6 Å². The number of nitrogens with one attached hydrogen (secondary N) is 2. The third-order valence-corrected chi connectivity index (χ3v) is 4.04. The Balaban J connectivity index is 1.86. The standard InChI is InChI=1S/C17H22N8O3/c1-11(26)19-2-3-20-15(27)13-10-23-17(25-4-6-28-7-5-25)24-14(13)12-8-21-16(18)22-9-12/h8-10H,2-7H2,1H3,(H,19,26)(H,20,27)(H2,18,21,22). The molecule has 0 radical (unpaired) electrons. The van der Waals surface area contributed by atoms with Crippen LogP contribution in [0.2, 0.25) is 0 Å². The lowest BCUT2D eigenvalue weighted by Crippen LogP contribution is -2.38. The van der Waals surface area contributed by atoms with E-state index in [9.17, 15) is 9.59 Å². The molecule has 1 fully saturated rings. The first kappa shape index (κ1) is 19.4. The van der Waals surface area contributed by atoms with Crippen LogP contribution in [0.3, 0.4) is 0 Å². The number of carbonyl (C=O) groups excluding carboxylic acids is 2. The molecule has 4 N–H and O–H groups in total. The molecule has 0 aliphatic carbocycles. The summed E-state index contributed by atoms with van der Waals surface area (Å²) in [5, 5.41) is 5.36. The van der Waals surface area contributed by atoms with Gasteiger partial charge in [-0.25, -0.2) is 19.9 Å². The predicted molar refractivity (Wildman–Crippen MR) is 102 cm³/mol. The Morgan fingerprint density at radius 1 is 1.11 bits per heavy atom. The van der Waals surface area contributed by atoms with E-state index >= 15 is 0 Å². The van der Waals surface area contributed by atoms with Gasteiger partial charge in [-0.15, -0.1) is 0 Å². The second-order valence-electron chi connectivity index (χ2n) is 6.10. The Labute approximate surface area is 161 Å². The number of ether oxygens (including phenoxy) is 1. The van der Waals surface area contributed by atoms with E-state index in [0.29, 0.717) is 50.1 Å². The SMILES string of the molecule is CC(=O)NCCNC(=O)c1cnc(N2CCOCC2)nc1-c1cnc(N)nc1. The lowest BCUT2D eigenvalue weighted by molar-refractivity contribution is -0.118. The first-order valence-electron chi connectivity index (χ1n) is 8.85. The Bertz CT molecular complexity index is 837. The maximum atomic E-state index is 12.6. The quantitative estimate of drug-likeness (QED) is 0.543. The predicted octanol–water partition coefficient (Wildman–Crippen LogP) is -0.782. The van der Waals surface area contributed by atoms with Crippen molar-refractivity contribution in [3.8, 4) is 11.3 Å². The molecule has 11 heteroatoms. The molecule has 28 heavy (non-hydrogen) atoms. The summed E-state index contributed by atoms with van der Waals surface area (Å²) in [6.07, 6.45) is 4.51. The Kier molecular flexibility index (Phi) is 6.27. The van der Waals surface area contributed by atoms with Gasteiger partial charge in [-0.05, 0) is 0 Å². The van der Waals surface area contributed by atoms with Crippen LogP contribution in [0.1, 0.15) is 17.3 Å². The van der Waals surface area contributed by atoms with E-state index in [2.05, 4.69) is 30.6 Å². The van der Waals surface area contributed by atoms with Crippen molar-refractivity contribution in [3.05, 3.63) is 24.2 Å². The lowest BCUT2D eigenvalue weighted by atomic mass is 10.1. The van der Waals surface area contributed by atoms with Crippen molar-refractivity contribution in [2.45, 2.75) is 6.92 Å². The topological polar surface area (TPSA) is 148 Å². The number of hydrogen-bond donors (Lipinski definition) is 3. The molecule has 0 saturated carbocycles.